The number of rotatable bonds is 2. The zero-order valence-corrected chi connectivity index (χ0v) is 8.58. The fourth-order valence-corrected chi connectivity index (χ4v) is 1.62. The van der Waals surface area contributed by atoms with Crippen LogP contribution in [0.15, 0.2) is 24.3 Å². The Morgan fingerprint density at radius 3 is 2.60 bits per heavy atom. The smallest absolute Gasteiger partial charge is 0.122 e. The van der Waals surface area contributed by atoms with Gasteiger partial charge >= 0.3 is 0 Å². The highest BCUT2D eigenvalue weighted by Crippen LogP contribution is 2.30. The molecule has 0 aliphatic carbocycles. The molecule has 0 saturated carbocycles. The average molecular weight is 204 g/mol. The minimum absolute atomic E-state index is 0.0916. The van der Waals surface area contributed by atoms with E-state index in [1.54, 1.807) is 6.61 Å². The van der Waals surface area contributed by atoms with Gasteiger partial charge < -0.3 is 5.73 Å². The van der Waals surface area contributed by atoms with Crippen molar-refractivity contribution in [3.05, 3.63) is 42.0 Å². The van der Waals surface area contributed by atoms with Crippen LogP contribution in [0.1, 0.15) is 24.5 Å². The summed E-state index contributed by atoms with van der Waals surface area (Å²) in [6.07, 6.45) is 0.826. The van der Waals surface area contributed by atoms with Gasteiger partial charge in [0.15, 0.2) is 0 Å². The first-order valence-corrected chi connectivity index (χ1v) is 4.81. The maximum atomic E-state index is 7.30. The Bertz CT molecular complexity index is 366. The number of hydrogen-bond acceptors (Lipinski definition) is 3. The summed E-state index contributed by atoms with van der Waals surface area (Å²) in [7, 11) is 0. The molecule has 1 heterocycles. The van der Waals surface area contributed by atoms with Crippen LogP contribution in [0.2, 0.25) is 0 Å². The zero-order chi connectivity index (χ0) is 10.9. The lowest BCUT2D eigenvalue weighted by molar-refractivity contribution is 0.0967. The molecule has 15 heavy (non-hydrogen) atoms. The Hall–Kier alpha value is -1.39. The van der Waals surface area contributed by atoms with Crippen LogP contribution in [0.3, 0.4) is 0 Å². The monoisotopic (exact) mass is 204 g/mol. The van der Waals surface area contributed by atoms with Gasteiger partial charge in [-0.2, -0.15) is 5.48 Å². The van der Waals surface area contributed by atoms with E-state index in [0.29, 0.717) is 0 Å². The molecule has 1 atom stereocenters. The van der Waals surface area contributed by atoms with Gasteiger partial charge in [-0.05, 0) is 12.5 Å². The van der Waals surface area contributed by atoms with Crippen LogP contribution >= 0.6 is 0 Å². The fraction of sp³-hybridized carbons (Fsp3) is 0.273. The predicted octanol–water partition coefficient (Wildman–Crippen LogP) is 1.27. The lowest BCUT2D eigenvalue weighted by Crippen LogP contribution is -2.32. The third-order valence-electron chi connectivity index (χ3n) is 2.69. The van der Waals surface area contributed by atoms with Crippen LogP contribution in [0.5, 0.6) is 0 Å². The van der Waals surface area contributed by atoms with E-state index < -0.39 is 0 Å². The van der Waals surface area contributed by atoms with E-state index in [0.717, 1.165) is 17.5 Å². The number of hydroxylamine groups is 1. The van der Waals surface area contributed by atoms with Crippen molar-refractivity contribution < 1.29 is 4.84 Å². The zero-order valence-electron chi connectivity index (χ0n) is 8.58. The number of amidine groups is 1. The van der Waals surface area contributed by atoms with E-state index in [4.69, 9.17) is 16.0 Å². The van der Waals surface area contributed by atoms with E-state index in [2.05, 4.69) is 12.4 Å². The Morgan fingerprint density at radius 2 is 2.13 bits per heavy atom. The van der Waals surface area contributed by atoms with Gasteiger partial charge in [-0.1, -0.05) is 24.3 Å². The molecule has 1 aromatic rings. The van der Waals surface area contributed by atoms with E-state index in [-0.39, 0.29) is 11.4 Å². The van der Waals surface area contributed by atoms with Crippen molar-refractivity contribution in [2.24, 2.45) is 5.73 Å². The summed E-state index contributed by atoms with van der Waals surface area (Å²) in [6.45, 7) is 3.82. The third-order valence-corrected chi connectivity index (χ3v) is 2.69. The van der Waals surface area contributed by atoms with E-state index in [1.807, 2.05) is 24.3 Å². The lowest BCUT2D eigenvalue weighted by atomic mass is 9.90. The summed E-state index contributed by atoms with van der Waals surface area (Å²) >= 11 is 0. The highest BCUT2D eigenvalue weighted by Gasteiger charge is 2.31. The first kappa shape index (κ1) is 10.1. The molecule has 1 unspecified atom stereocenters. The molecule has 0 bridgehead atoms. The van der Waals surface area contributed by atoms with Crippen LogP contribution in [-0.4, -0.2) is 5.84 Å². The van der Waals surface area contributed by atoms with Crippen LogP contribution in [0, 0.1) is 12.0 Å². The van der Waals surface area contributed by atoms with E-state index in [1.165, 1.54) is 0 Å². The van der Waals surface area contributed by atoms with Gasteiger partial charge in [0.05, 0.1) is 5.54 Å². The molecule has 4 N–H and O–H groups in total. The van der Waals surface area contributed by atoms with E-state index >= 15 is 0 Å². The largest absolute Gasteiger partial charge is 0.384 e. The van der Waals surface area contributed by atoms with Crippen molar-refractivity contribution in [1.29, 1.82) is 5.41 Å². The molecule has 1 aromatic carbocycles. The number of nitrogens with one attached hydrogen (secondary N) is 2. The van der Waals surface area contributed by atoms with Crippen LogP contribution in [-0.2, 0) is 10.4 Å². The lowest BCUT2D eigenvalue weighted by Gasteiger charge is -2.22. The second kappa shape index (κ2) is 3.64. The van der Waals surface area contributed by atoms with Gasteiger partial charge in [-0.15, -0.1) is 0 Å². The van der Waals surface area contributed by atoms with Crippen molar-refractivity contribution in [3.8, 4) is 0 Å². The van der Waals surface area contributed by atoms with Gasteiger partial charge in [-0.25, -0.2) is 0 Å². The maximum absolute atomic E-state index is 7.30. The molecule has 4 nitrogen and oxygen atoms in total. The van der Waals surface area contributed by atoms with Gasteiger partial charge in [0.25, 0.3) is 0 Å². The molecule has 1 fully saturated rings. The van der Waals surface area contributed by atoms with Gasteiger partial charge in [0.1, 0.15) is 12.4 Å². The molecule has 4 heteroatoms. The second-order valence-corrected chi connectivity index (χ2v) is 3.91. The molecule has 1 aliphatic heterocycles. The summed E-state index contributed by atoms with van der Waals surface area (Å²) in [4.78, 5) is 5.05. The Balaban J connectivity index is 2.26. The Kier molecular flexibility index (Phi) is 2.46. The van der Waals surface area contributed by atoms with Gasteiger partial charge in [-0.3, -0.25) is 10.2 Å². The highest BCUT2D eigenvalue weighted by atomic mass is 16.7. The Morgan fingerprint density at radius 1 is 1.47 bits per heavy atom. The van der Waals surface area contributed by atoms with E-state index in [9.17, 15) is 0 Å². The van der Waals surface area contributed by atoms with Crippen LogP contribution < -0.4 is 11.2 Å². The molecule has 1 aliphatic rings. The van der Waals surface area contributed by atoms with Crippen LogP contribution in [0.25, 0.3) is 0 Å². The molecule has 1 radical (unpaired) electrons. The molecular formula is C11H14N3O. The number of nitrogens with two attached hydrogens (primary N) is 1. The summed E-state index contributed by atoms with van der Waals surface area (Å²) < 4.78 is 0. The molecular weight excluding hydrogens is 190 g/mol. The highest BCUT2D eigenvalue weighted by molar-refractivity contribution is 5.94. The minimum Gasteiger partial charge on any atom is -0.384 e. The molecule has 2 rings (SSSR count). The van der Waals surface area contributed by atoms with Crippen molar-refractivity contribution in [3.63, 3.8) is 0 Å². The standard InChI is InChI=1S/C11H14N3O/c1-11(6-7-15-14-11)9-4-2-8(3-5-9)10(12)13/h2-5,7,14H,6H2,1H3,(H3,12,13). The SMILES string of the molecule is CC1(c2ccc(C(=N)N)cc2)C[CH]ON1. The van der Waals surface area contributed by atoms with Crippen LogP contribution in [0.4, 0.5) is 0 Å². The summed E-state index contributed by atoms with van der Waals surface area (Å²) in [5, 5.41) is 7.30. The summed E-state index contributed by atoms with van der Waals surface area (Å²) in [5.41, 5.74) is 10.0. The predicted molar refractivity (Wildman–Crippen MR) is 57.9 cm³/mol. The Labute approximate surface area is 88.9 Å². The molecule has 0 aromatic heterocycles. The number of benzene rings is 1. The van der Waals surface area contributed by atoms with Gasteiger partial charge in [0, 0.05) is 12.0 Å². The molecule has 79 valence electrons. The van der Waals surface area contributed by atoms with Crippen molar-refractivity contribution in [2.75, 3.05) is 0 Å². The fourth-order valence-electron chi connectivity index (χ4n) is 1.62. The summed E-state index contributed by atoms with van der Waals surface area (Å²) in [5.74, 6) is 0.0916. The molecule has 0 amide bonds. The maximum Gasteiger partial charge on any atom is 0.122 e. The quantitative estimate of drug-likeness (QED) is 0.502. The first-order valence-electron chi connectivity index (χ1n) is 4.81. The normalized spacial score (nSPS) is 25.4. The topological polar surface area (TPSA) is 71.1 Å². The number of hydrogen-bond donors (Lipinski definition) is 3. The number of nitrogen functional groups attached to an aromatic ring is 1. The average Bonchev–Trinajstić information content (AvgIpc) is 2.67. The molecule has 1 saturated heterocycles. The van der Waals surface area contributed by atoms with Crippen molar-refractivity contribution in [1.82, 2.24) is 5.48 Å². The molecule has 0 spiro atoms. The van der Waals surface area contributed by atoms with Gasteiger partial charge in [0.2, 0.25) is 0 Å². The van der Waals surface area contributed by atoms with Crippen molar-refractivity contribution in [2.45, 2.75) is 18.9 Å². The second-order valence-electron chi connectivity index (χ2n) is 3.91. The minimum atomic E-state index is -0.171. The summed E-state index contributed by atoms with van der Waals surface area (Å²) in [6, 6.07) is 7.63. The van der Waals surface area contributed by atoms with Crippen molar-refractivity contribution >= 4 is 5.84 Å². The first-order chi connectivity index (χ1) is 7.12. The third kappa shape index (κ3) is 1.86.